The molecule has 0 N–H and O–H groups in total. The summed E-state index contributed by atoms with van der Waals surface area (Å²) in [6.45, 7) is 5.23. The van der Waals surface area contributed by atoms with Crippen LogP contribution in [0.1, 0.15) is 11.1 Å². The van der Waals surface area contributed by atoms with Gasteiger partial charge in [0.05, 0.1) is 12.1 Å². The first-order chi connectivity index (χ1) is 9.40. The number of halogens is 3. The summed E-state index contributed by atoms with van der Waals surface area (Å²) in [5.74, 6) is 2.59. The van der Waals surface area contributed by atoms with Gasteiger partial charge in [-0.25, -0.2) is 0 Å². The molecule has 2 nitrogen and oxygen atoms in total. The van der Waals surface area contributed by atoms with E-state index in [0.717, 1.165) is 13.1 Å². The summed E-state index contributed by atoms with van der Waals surface area (Å²) in [5, 5.41) is 0. The third-order valence-corrected chi connectivity index (χ3v) is 3.44. The monoisotopic (exact) mass is 282 g/mol. The van der Waals surface area contributed by atoms with Gasteiger partial charge in [-0.1, -0.05) is 5.92 Å². The zero-order chi connectivity index (χ0) is 14.8. The van der Waals surface area contributed by atoms with Gasteiger partial charge in [0.15, 0.2) is 0 Å². The largest absolute Gasteiger partial charge is 0.416 e. The lowest BCUT2D eigenvalue weighted by Crippen LogP contribution is -2.46. The molecule has 108 valence electrons. The summed E-state index contributed by atoms with van der Waals surface area (Å²) in [4.78, 5) is 4.10. The van der Waals surface area contributed by atoms with Crippen molar-refractivity contribution in [3.63, 3.8) is 0 Å². The second-order valence-corrected chi connectivity index (χ2v) is 5.02. The van der Waals surface area contributed by atoms with E-state index in [-0.39, 0.29) is 0 Å². The number of rotatable bonds is 2. The SMILES string of the molecule is C#CCN1CCN(c2cc(C)cc(C(F)(F)F)c2)CC1. The molecule has 0 unspecified atom stereocenters. The Morgan fingerprint density at radius 3 is 2.35 bits per heavy atom. The molecule has 1 heterocycles. The molecule has 0 amide bonds. The number of terminal acetylenes is 1. The van der Waals surface area contributed by atoms with Crippen molar-refractivity contribution >= 4 is 5.69 Å². The van der Waals surface area contributed by atoms with E-state index >= 15 is 0 Å². The number of hydrogen-bond acceptors (Lipinski definition) is 2. The molecule has 20 heavy (non-hydrogen) atoms. The minimum Gasteiger partial charge on any atom is -0.369 e. The quantitative estimate of drug-likeness (QED) is 0.770. The molecule has 0 atom stereocenters. The van der Waals surface area contributed by atoms with Crippen molar-refractivity contribution in [2.45, 2.75) is 13.1 Å². The Morgan fingerprint density at radius 1 is 1.15 bits per heavy atom. The molecule has 0 spiro atoms. The number of aryl methyl sites for hydroxylation is 1. The molecule has 0 saturated carbocycles. The van der Waals surface area contributed by atoms with Crippen LogP contribution in [0.2, 0.25) is 0 Å². The van der Waals surface area contributed by atoms with Gasteiger partial charge in [-0.15, -0.1) is 6.42 Å². The van der Waals surface area contributed by atoms with E-state index in [0.29, 0.717) is 30.9 Å². The average Bonchev–Trinajstić information content (AvgIpc) is 2.38. The molecule has 0 bridgehead atoms. The standard InChI is InChI=1S/C15H17F3N2/c1-3-4-19-5-7-20(8-6-19)14-10-12(2)9-13(11-14)15(16,17)18/h1,9-11H,4-8H2,2H3. The van der Waals surface area contributed by atoms with Gasteiger partial charge in [0.25, 0.3) is 0 Å². The van der Waals surface area contributed by atoms with E-state index in [4.69, 9.17) is 6.42 Å². The van der Waals surface area contributed by atoms with Crippen molar-refractivity contribution in [1.82, 2.24) is 4.90 Å². The normalized spacial score (nSPS) is 17.1. The fraction of sp³-hybridized carbons (Fsp3) is 0.467. The third-order valence-electron chi connectivity index (χ3n) is 3.44. The molecule has 0 aromatic heterocycles. The number of hydrogen-bond donors (Lipinski definition) is 0. The van der Waals surface area contributed by atoms with Crippen LogP contribution in [0.25, 0.3) is 0 Å². The van der Waals surface area contributed by atoms with Crippen molar-refractivity contribution < 1.29 is 13.2 Å². The highest BCUT2D eigenvalue weighted by Crippen LogP contribution is 2.33. The van der Waals surface area contributed by atoms with E-state index < -0.39 is 11.7 Å². The smallest absolute Gasteiger partial charge is 0.369 e. The molecular weight excluding hydrogens is 265 g/mol. The highest BCUT2D eigenvalue weighted by molar-refractivity contribution is 5.52. The van der Waals surface area contributed by atoms with Crippen LogP contribution in [0.5, 0.6) is 0 Å². The Labute approximate surface area is 117 Å². The second kappa shape index (κ2) is 5.76. The van der Waals surface area contributed by atoms with Crippen molar-refractivity contribution in [2.75, 3.05) is 37.6 Å². The lowest BCUT2D eigenvalue weighted by atomic mass is 10.1. The molecule has 0 radical (unpaired) electrons. The molecule has 2 rings (SSSR count). The van der Waals surface area contributed by atoms with Gasteiger partial charge in [0, 0.05) is 31.9 Å². The molecule has 0 aliphatic carbocycles. The van der Waals surface area contributed by atoms with Crippen molar-refractivity contribution in [3.8, 4) is 12.3 Å². The Hall–Kier alpha value is -1.67. The van der Waals surface area contributed by atoms with Gasteiger partial charge in [0.1, 0.15) is 0 Å². The summed E-state index contributed by atoms with van der Waals surface area (Å²) in [6.07, 6.45) is 0.963. The van der Waals surface area contributed by atoms with Crippen LogP contribution in [0, 0.1) is 19.3 Å². The topological polar surface area (TPSA) is 6.48 Å². The molecule has 1 fully saturated rings. The Bertz CT molecular complexity index is 509. The van der Waals surface area contributed by atoms with Crippen LogP contribution >= 0.6 is 0 Å². The first kappa shape index (κ1) is 14.7. The summed E-state index contributed by atoms with van der Waals surface area (Å²) in [5.41, 5.74) is 0.678. The molecule has 1 aromatic carbocycles. The molecule has 1 aliphatic heterocycles. The molecule has 1 aliphatic rings. The summed E-state index contributed by atoms with van der Waals surface area (Å²) < 4.78 is 38.5. The van der Waals surface area contributed by atoms with Crippen LogP contribution in [-0.2, 0) is 6.18 Å². The number of piperazine rings is 1. The van der Waals surface area contributed by atoms with Crippen molar-refractivity contribution in [1.29, 1.82) is 0 Å². The van der Waals surface area contributed by atoms with E-state index in [1.807, 2.05) is 4.90 Å². The summed E-state index contributed by atoms with van der Waals surface area (Å²) in [7, 11) is 0. The summed E-state index contributed by atoms with van der Waals surface area (Å²) >= 11 is 0. The van der Waals surface area contributed by atoms with E-state index in [9.17, 15) is 13.2 Å². The van der Waals surface area contributed by atoms with Crippen LogP contribution in [0.4, 0.5) is 18.9 Å². The molecular formula is C15H17F3N2. The Morgan fingerprint density at radius 2 is 1.80 bits per heavy atom. The number of benzene rings is 1. The van der Waals surface area contributed by atoms with Crippen LogP contribution in [0.3, 0.4) is 0 Å². The van der Waals surface area contributed by atoms with Gasteiger partial charge in [-0.3, -0.25) is 4.90 Å². The van der Waals surface area contributed by atoms with Crippen LogP contribution in [0.15, 0.2) is 18.2 Å². The predicted octanol–water partition coefficient (Wildman–Crippen LogP) is 2.77. The van der Waals surface area contributed by atoms with Gasteiger partial charge in [-0.2, -0.15) is 13.2 Å². The fourth-order valence-electron chi connectivity index (χ4n) is 2.40. The fourth-order valence-corrected chi connectivity index (χ4v) is 2.40. The molecule has 1 saturated heterocycles. The highest BCUT2D eigenvalue weighted by Gasteiger charge is 2.31. The van der Waals surface area contributed by atoms with Crippen LogP contribution < -0.4 is 4.90 Å². The second-order valence-electron chi connectivity index (χ2n) is 5.02. The average molecular weight is 282 g/mol. The Kier molecular flexibility index (Phi) is 4.24. The highest BCUT2D eigenvalue weighted by atomic mass is 19.4. The lowest BCUT2D eigenvalue weighted by Gasteiger charge is -2.35. The van der Waals surface area contributed by atoms with Gasteiger partial charge >= 0.3 is 6.18 Å². The lowest BCUT2D eigenvalue weighted by molar-refractivity contribution is -0.137. The summed E-state index contributed by atoms with van der Waals surface area (Å²) in [6, 6.07) is 4.20. The Balaban J connectivity index is 2.14. The predicted molar refractivity (Wildman–Crippen MR) is 73.7 cm³/mol. The number of nitrogens with zero attached hydrogens (tertiary/aromatic N) is 2. The third kappa shape index (κ3) is 3.45. The van der Waals surface area contributed by atoms with Gasteiger partial charge in [0.2, 0.25) is 0 Å². The zero-order valence-corrected chi connectivity index (χ0v) is 11.4. The van der Waals surface area contributed by atoms with E-state index in [1.54, 1.807) is 13.0 Å². The maximum atomic E-state index is 12.8. The number of anilines is 1. The minimum atomic E-state index is -4.30. The van der Waals surface area contributed by atoms with E-state index in [2.05, 4.69) is 10.8 Å². The maximum absolute atomic E-state index is 12.8. The maximum Gasteiger partial charge on any atom is 0.416 e. The van der Waals surface area contributed by atoms with Crippen molar-refractivity contribution in [3.05, 3.63) is 29.3 Å². The first-order valence-electron chi connectivity index (χ1n) is 6.50. The van der Waals surface area contributed by atoms with Crippen molar-refractivity contribution in [2.24, 2.45) is 0 Å². The van der Waals surface area contributed by atoms with Crippen LogP contribution in [-0.4, -0.2) is 37.6 Å². The number of alkyl halides is 3. The molecule has 1 aromatic rings. The zero-order valence-electron chi connectivity index (χ0n) is 11.4. The van der Waals surface area contributed by atoms with Gasteiger partial charge in [-0.05, 0) is 30.7 Å². The minimum absolute atomic E-state index is 0.585. The van der Waals surface area contributed by atoms with Gasteiger partial charge < -0.3 is 4.90 Å². The first-order valence-corrected chi connectivity index (χ1v) is 6.50. The molecule has 5 heteroatoms. The van der Waals surface area contributed by atoms with E-state index in [1.165, 1.54) is 12.1 Å².